The van der Waals surface area contributed by atoms with Gasteiger partial charge in [-0.05, 0) is 19.4 Å². The quantitative estimate of drug-likeness (QED) is 0.615. The van der Waals surface area contributed by atoms with Gasteiger partial charge in [-0.25, -0.2) is 9.97 Å². The fraction of sp³-hybridized carbons (Fsp3) is 0.429. The van der Waals surface area contributed by atoms with Crippen molar-refractivity contribution >= 4 is 0 Å². The first-order chi connectivity index (χ1) is 4.74. The Morgan fingerprint density at radius 3 is 2.70 bits per heavy atom. The number of hydrogen-bond donors (Lipinski definition) is 1. The van der Waals surface area contributed by atoms with E-state index < -0.39 is 0 Å². The van der Waals surface area contributed by atoms with Gasteiger partial charge in [0.05, 0.1) is 6.54 Å². The number of hydrogen-bond acceptors (Lipinski definition) is 3. The summed E-state index contributed by atoms with van der Waals surface area (Å²) < 4.78 is 0. The molecule has 0 spiro atoms. The Labute approximate surface area is 60.3 Å². The van der Waals surface area contributed by atoms with E-state index in [1.807, 2.05) is 13.8 Å². The molecule has 0 saturated heterocycles. The SMILES string of the molecule is Cc1cnc(CN)nc1C. The Morgan fingerprint density at radius 1 is 1.50 bits per heavy atom. The van der Waals surface area contributed by atoms with Gasteiger partial charge in [-0.15, -0.1) is 0 Å². The molecule has 2 N–H and O–H groups in total. The highest BCUT2D eigenvalue weighted by molar-refractivity contribution is 5.13. The van der Waals surface area contributed by atoms with Crippen molar-refractivity contribution in [3.05, 3.63) is 23.3 Å². The van der Waals surface area contributed by atoms with Crippen LogP contribution < -0.4 is 5.73 Å². The van der Waals surface area contributed by atoms with E-state index in [9.17, 15) is 0 Å². The molecule has 0 amide bonds. The molecule has 54 valence electrons. The fourth-order valence-electron chi connectivity index (χ4n) is 0.674. The Hall–Kier alpha value is -0.960. The summed E-state index contributed by atoms with van der Waals surface area (Å²) in [6.45, 7) is 4.35. The number of rotatable bonds is 1. The van der Waals surface area contributed by atoms with Gasteiger partial charge in [0.25, 0.3) is 0 Å². The second-order valence-electron chi connectivity index (χ2n) is 2.26. The molecule has 1 heterocycles. The molecule has 0 atom stereocenters. The summed E-state index contributed by atoms with van der Waals surface area (Å²) in [7, 11) is 0. The van der Waals surface area contributed by atoms with Gasteiger partial charge in [0.1, 0.15) is 5.82 Å². The molecule has 1 rings (SSSR count). The molecule has 1 aromatic rings. The van der Waals surface area contributed by atoms with E-state index in [1.54, 1.807) is 6.20 Å². The lowest BCUT2D eigenvalue weighted by molar-refractivity contribution is 0.880. The molecule has 0 fully saturated rings. The Balaban J connectivity index is 3.04. The van der Waals surface area contributed by atoms with E-state index in [-0.39, 0.29) is 0 Å². The normalized spacial score (nSPS) is 9.90. The highest BCUT2D eigenvalue weighted by atomic mass is 14.9. The predicted molar refractivity (Wildman–Crippen MR) is 39.4 cm³/mol. The summed E-state index contributed by atoms with van der Waals surface area (Å²) in [6, 6.07) is 0. The minimum Gasteiger partial charge on any atom is -0.324 e. The van der Waals surface area contributed by atoms with Crippen LogP contribution in [0, 0.1) is 13.8 Å². The molecular weight excluding hydrogens is 126 g/mol. The summed E-state index contributed by atoms with van der Waals surface area (Å²) in [6.07, 6.45) is 1.80. The second kappa shape index (κ2) is 2.75. The van der Waals surface area contributed by atoms with Gasteiger partial charge in [0, 0.05) is 11.9 Å². The first kappa shape index (κ1) is 7.15. The third-order valence-electron chi connectivity index (χ3n) is 1.46. The van der Waals surface area contributed by atoms with Gasteiger partial charge in [0.15, 0.2) is 0 Å². The highest BCUT2D eigenvalue weighted by Crippen LogP contribution is 2.00. The van der Waals surface area contributed by atoms with Crippen LogP contribution in [-0.2, 0) is 6.54 Å². The van der Waals surface area contributed by atoms with Crippen LogP contribution in [0.25, 0.3) is 0 Å². The zero-order chi connectivity index (χ0) is 7.56. The van der Waals surface area contributed by atoms with Gasteiger partial charge in [-0.3, -0.25) is 0 Å². The molecule has 0 radical (unpaired) electrons. The number of nitrogens with zero attached hydrogens (tertiary/aromatic N) is 2. The van der Waals surface area contributed by atoms with Crippen LogP contribution in [0.2, 0.25) is 0 Å². The van der Waals surface area contributed by atoms with Crippen molar-refractivity contribution < 1.29 is 0 Å². The summed E-state index contributed by atoms with van der Waals surface area (Å²) >= 11 is 0. The van der Waals surface area contributed by atoms with Crippen molar-refractivity contribution in [2.45, 2.75) is 20.4 Å². The topological polar surface area (TPSA) is 51.8 Å². The summed E-state index contributed by atoms with van der Waals surface area (Å²) in [4.78, 5) is 8.18. The third kappa shape index (κ3) is 1.30. The van der Waals surface area contributed by atoms with Gasteiger partial charge >= 0.3 is 0 Å². The highest BCUT2D eigenvalue weighted by Gasteiger charge is 1.95. The molecular formula is C7H11N3. The predicted octanol–water partition coefficient (Wildman–Crippen LogP) is 0.552. The number of nitrogens with two attached hydrogens (primary N) is 1. The molecule has 0 saturated carbocycles. The lowest BCUT2D eigenvalue weighted by atomic mass is 10.3. The van der Waals surface area contributed by atoms with Crippen molar-refractivity contribution in [3.8, 4) is 0 Å². The fourth-order valence-corrected chi connectivity index (χ4v) is 0.674. The van der Waals surface area contributed by atoms with Crippen molar-refractivity contribution in [1.82, 2.24) is 9.97 Å². The van der Waals surface area contributed by atoms with Gasteiger partial charge < -0.3 is 5.73 Å². The molecule has 0 aliphatic heterocycles. The monoisotopic (exact) mass is 137 g/mol. The van der Waals surface area contributed by atoms with Gasteiger partial charge in [-0.1, -0.05) is 0 Å². The van der Waals surface area contributed by atoms with Crippen LogP contribution in [0.1, 0.15) is 17.1 Å². The Bertz CT molecular complexity index is 232. The van der Waals surface area contributed by atoms with Crippen molar-refractivity contribution in [3.63, 3.8) is 0 Å². The Kier molecular flexibility index (Phi) is 1.97. The van der Waals surface area contributed by atoms with Crippen LogP contribution in [0.15, 0.2) is 6.20 Å². The minimum atomic E-state index is 0.418. The molecule has 0 aliphatic carbocycles. The molecule has 0 aliphatic rings. The maximum Gasteiger partial charge on any atom is 0.142 e. The molecule has 0 unspecified atom stereocenters. The summed E-state index contributed by atoms with van der Waals surface area (Å²) in [5.41, 5.74) is 7.46. The van der Waals surface area contributed by atoms with E-state index in [0.29, 0.717) is 12.4 Å². The van der Waals surface area contributed by atoms with Crippen molar-refractivity contribution in [1.29, 1.82) is 0 Å². The summed E-state index contributed by atoms with van der Waals surface area (Å²) in [5, 5.41) is 0. The first-order valence-corrected chi connectivity index (χ1v) is 3.23. The third-order valence-corrected chi connectivity index (χ3v) is 1.46. The zero-order valence-electron chi connectivity index (χ0n) is 6.26. The first-order valence-electron chi connectivity index (χ1n) is 3.23. The standard InChI is InChI=1S/C7H11N3/c1-5-4-9-7(3-8)10-6(5)2/h4H,3,8H2,1-2H3. The molecule has 3 heteroatoms. The van der Waals surface area contributed by atoms with E-state index in [4.69, 9.17) is 5.73 Å². The molecule has 10 heavy (non-hydrogen) atoms. The van der Waals surface area contributed by atoms with Crippen LogP contribution >= 0.6 is 0 Å². The molecule has 0 aromatic carbocycles. The lowest BCUT2D eigenvalue weighted by Crippen LogP contribution is -2.04. The lowest BCUT2D eigenvalue weighted by Gasteiger charge is -1.99. The number of aromatic nitrogens is 2. The molecule has 3 nitrogen and oxygen atoms in total. The maximum atomic E-state index is 5.34. The Morgan fingerprint density at radius 2 is 2.20 bits per heavy atom. The zero-order valence-corrected chi connectivity index (χ0v) is 6.26. The van der Waals surface area contributed by atoms with Crippen LogP contribution in [0.4, 0.5) is 0 Å². The van der Waals surface area contributed by atoms with Gasteiger partial charge in [0.2, 0.25) is 0 Å². The number of aryl methyl sites for hydroxylation is 2. The van der Waals surface area contributed by atoms with Crippen LogP contribution in [0.3, 0.4) is 0 Å². The van der Waals surface area contributed by atoms with Crippen molar-refractivity contribution in [2.24, 2.45) is 5.73 Å². The van der Waals surface area contributed by atoms with Crippen molar-refractivity contribution in [2.75, 3.05) is 0 Å². The molecule has 0 bridgehead atoms. The average molecular weight is 137 g/mol. The van der Waals surface area contributed by atoms with Gasteiger partial charge in [-0.2, -0.15) is 0 Å². The largest absolute Gasteiger partial charge is 0.324 e. The van der Waals surface area contributed by atoms with E-state index in [1.165, 1.54) is 0 Å². The van der Waals surface area contributed by atoms with Crippen LogP contribution in [0.5, 0.6) is 0 Å². The minimum absolute atomic E-state index is 0.418. The van der Waals surface area contributed by atoms with E-state index in [0.717, 1.165) is 11.3 Å². The second-order valence-corrected chi connectivity index (χ2v) is 2.26. The van der Waals surface area contributed by atoms with E-state index in [2.05, 4.69) is 9.97 Å². The summed E-state index contributed by atoms with van der Waals surface area (Å²) in [5.74, 6) is 0.711. The van der Waals surface area contributed by atoms with E-state index >= 15 is 0 Å². The van der Waals surface area contributed by atoms with Crippen LogP contribution in [-0.4, -0.2) is 9.97 Å². The maximum absolute atomic E-state index is 5.34. The molecule has 1 aromatic heterocycles. The average Bonchev–Trinajstić information content (AvgIpc) is 1.95. The smallest absolute Gasteiger partial charge is 0.142 e.